The maximum atomic E-state index is 6.35. The molecule has 0 spiro atoms. The number of anilines is 2. The Labute approximate surface area is 99.8 Å². The molecule has 0 aliphatic heterocycles. The molecule has 4 N–H and O–H groups in total. The average Bonchev–Trinajstić information content (AvgIpc) is 2.30. The van der Waals surface area contributed by atoms with Crippen LogP contribution in [0.2, 0.25) is 0 Å². The molecule has 2 aromatic carbocycles. The van der Waals surface area contributed by atoms with Crippen LogP contribution in [0.25, 0.3) is 0 Å². The molecule has 0 bridgehead atoms. The van der Waals surface area contributed by atoms with Gasteiger partial charge in [-0.1, -0.05) is 24.3 Å². The van der Waals surface area contributed by atoms with Crippen LogP contribution in [0.4, 0.5) is 11.4 Å². The number of nitrogen functional groups attached to an aromatic ring is 2. The summed E-state index contributed by atoms with van der Waals surface area (Å²) in [5.41, 5.74) is 14.8. The van der Waals surface area contributed by atoms with E-state index < -0.39 is 0 Å². The van der Waals surface area contributed by atoms with E-state index in [1.54, 1.807) is 0 Å². The van der Waals surface area contributed by atoms with Crippen LogP contribution in [0.5, 0.6) is 0 Å². The molecule has 0 radical (unpaired) electrons. The Morgan fingerprint density at radius 2 is 1.00 bits per heavy atom. The maximum absolute atomic E-state index is 6.35. The standard InChI is InChI=1S/C13H13ClN2/c14-13(9-1-5-11(15)6-2-9)10-3-7-12(16)8-4-10/h1-8,13H,15-16H2. The summed E-state index contributed by atoms with van der Waals surface area (Å²) >= 11 is 6.35. The van der Waals surface area contributed by atoms with Gasteiger partial charge in [0, 0.05) is 11.4 Å². The molecular weight excluding hydrogens is 220 g/mol. The minimum absolute atomic E-state index is 0.166. The number of rotatable bonds is 2. The SMILES string of the molecule is Nc1ccc(C(Cl)c2ccc(N)cc2)cc1. The van der Waals surface area contributed by atoms with Gasteiger partial charge in [-0.05, 0) is 35.4 Å². The molecule has 2 nitrogen and oxygen atoms in total. The zero-order chi connectivity index (χ0) is 11.5. The summed E-state index contributed by atoms with van der Waals surface area (Å²) in [4.78, 5) is 0. The summed E-state index contributed by atoms with van der Waals surface area (Å²) < 4.78 is 0. The summed E-state index contributed by atoms with van der Waals surface area (Å²) in [7, 11) is 0. The van der Waals surface area contributed by atoms with Crippen molar-refractivity contribution in [1.29, 1.82) is 0 Å². The predicted octanol–water partition coefficient (Wildman–Crippen LogP) is 3.18. The van der Waals surface area contributed by atoms with Gasteiger partial charge in [0.1, 0.15) is 0 Å². The number of halogens is 1. The van der Waals surface area contributed by atoms with Gasteiger partial charge in [-0.25, -0.2) is 0 Å². The first-order valence-corrected chi connectivity index (χ1v) is 5.45. The fraction of sp³-hybridized carbons (Fsp3) is 0.0769. The van der Waals surface area contributed by atoms with Gasteiger partial charge in [-0.2, -0.15) is 0 Å². The first-order chi connectivity index (χ1) is 7.66. The quantitative estimate of drug-likeness (QED) is 0.617. The van der Waals surface area contributed by atoms with Crippen LogP contribution in [-0.4, -0.2) is 0 Å². The number of benzene rings is 2. The second-order valence-corrected chi connectivity index (χ2v) is 4.13. The lowest BCUT2D eigenvalue weighted by atomic mass is 10.0. The molecule has 2 aromatic rings. The molecule has 0 aliphatic rings. The normalized spacial score (nSPS) is 10.6. The molecule has 0 aliphatic carbocycles. The van der Waals surface area contributed by atoms with Gasteiger partial charge < -0.3 is 11.5 Å². The summed E-state index contributed by atoms with van der Waals surface area (Å²) in [5, 5.41) is -0.166. The molecule has 16 heavy (non-hydrogen) atoms. The Hall–Kier alpha value is -1.67. The van der Waals surface area contributed by atoms with Crippen LogP contribution in [0, 0.1) is 0 Å². The van der Waals surface area contributed by atoms with E-state index in [2.05, 4.69) is 0 Å². The molecule has 82 valence electrons. The smallest absolute Gasteiger partial charge is 0.0835 e. The van der Waals surface area contributed by atoms with Gasteiger partial charge in [-0.3, -0.25) is 0 Å². The van der Waals surface area contributed by atoms with Crippen LogP contribution < -0.4 is 11.5 Å². The van der Waals surface area contributed by atoms with Gasteiger partial charge in [0.25, 0.3) is 0 Å². The van der Waals surface area contributed by atoms with Crippen molar-refractivity contribution in [2.24, 2.45) is 0 Å². The number of alkyl halides is 1. The van der Waals surface area contributed by atoms with Crippen LogP contribution in [-0.2, 0) is 0 Å². The first kappa shape index (κ1) is 10.8. The van der Waals surface area contributed by atoms with E-state index in [9.17, 15) is 0 Å². The minimum atomic E-state index is -0.166. The van der Waals surface area contributed by atoms with E-state index in [-0.39, 0.29) is 5.38 Å². The first-order valence-electron chi connectivity index (χ1n) is 5.02. The molecule has 0 heterocycles. The van der Waals surface area contributed by atoms with Gasteiger partial charge in [0.2, 0.25) is 0 Å². The van der Waals surface area contributed by atoms with Crippen molar-refractivity contribution >= 4 is 23.0 Å². The second kappa shape index (κ2) is 4.45. The molecule has 3 heteroatoms. The van der Waals surface area contributed by atoms with Crippen molar-refractivity contribution in [2.45, 2.75) is 5.38 Å². The highest BCUT2D eigenvalue weighted by Crippen LogP contribution is 2.29. The molecule has 0 saturated carbocycles. The highest BCUT2D eigenvalue weighted by molar-refractivity contribution is 6.22. The molecule has 0 aromatic heterocycles. The van der Waals surface area contributed by atoms with Gasteiger partial charge in [0.05, 0.1) is 5.38 Å². The van der Waals surface area contributed by atoms with Crippen molar-refractivity contribution in [3.8, 4) is 0 Å². The van der Waals surface area contributed by atoms with Crippen molar-refractivity contribution in [3.63, 3.8) is 0 Å². The Bertz CT molecular complexity index is 417. The Balaban J connectivity index is 2.28. The molecule has 0 amide bonds. The fourth-order valence-corrected chi connectivity index (χ4v) is 1.81. The molecule has 0 unspecified atom stereocenters. The molecule has 2 rings (SSSR count). The van der Waals surface area contributed by atoms with E-state index in [0.29, 0.717) is 0 Å². The number of hydrogen-bond acceptors (Lipinski definition) is 2. The predicted molar refractivity (Wildman–Crippen MR) is 69.4 cm³/mol. The monoisotopic (exact) mass is 232 g/mol. The zero-order valence-electron chi connectivity index (χ0n) is 8.73. The third-order valence-electron chi connectivity index (χ3n) is 2.46. The Kier molecular flexibility index (Phi) is 3.02. The number of nitrogens with two attached hydrogens (primary N) is 2. The summed E-state index contributed by atoms with van der Waals surface area (Å²) in [6, 6.07) is 15.1. The highest BCUT2D eigenvalue weighted by Gasteiger charge is 2.09. The summed E-state index contributed by atoms with van der Waals surface area (Å²) in [6.45, 7) is 0. The summed E-state index contributed by atoms with van der Waals surface area (Å²) in [6.07, 6.45) is 0. The topological polar surface area (TPSA) is 52.0 Å². The summed E-state index contributed by atoms with van der Waals surface area (Å²) in [5.74, 6) is 0. The van der Waals surface area contributed by atoms with Crippen LogP contribution in [0.3, 0.4) is 0 Å². The maximum Gasteiger partial charge on any atom is 0.0835 e. The third kappa shape index (κ3) is 2.28. The lowest BCUT2D eigenvalue weighted by Gasteiger charge is -2.10. The Morgan fingerprint density at radius 3 is 1.31 bits per heavy atom. The van der Waals surface area contributed by atoms with E-state index in [4.69, 9.17) is 23.1 Å². The lowest BCUT2D eigenvalue weighted by Crippen LogP contribution is -1.94. The second-order valence-electron chi connectivity index (χ2n) is 3.70. The van der Waals surface area contributed by atoms with Crippen LogP contribution in [0.1, 0.15) is 16.5 Å². The fourth-order valence-electron chi connectivity index (χ4n) is 1.52. The highest BCUT2D eigenvalue weighted by atomic mass is 35.5. The third-order valence-corrected chi connectivity index (χ3v) is 2.96. The lowest BCUT2D eigenvalue weighted by molar-refractivity contribution is 1.14. The van der Waals surface area contributed by atoms with Gasteiger partial charge >= 0.3 is 0 Å². The molecule has 0 fully saturated rings. The van der Waals surface area contributed by atoms with E-state index >= 15 is 0 Å². The van der Waals surface area contributed by atoms with Crippen LogP contribution >= 0.6 is 11.6 Å². The van der Waals surface area contributed by atoms with E-state index in [0.717, 1.165) is 22.5 Å². The minimum Gasteiger partial charge on any atom is -0.399 e. The Morgan fingerprint density at radius 1 is 0.688 bits per heavy atom. The molecular formula is C13H13ClN2. The van der Waals surface area contributed by atoms with E-state index in [1.165, 1.54) is 0 Å². The van der Waals surface area contributed by atoms with E-state index in [1.807, 2.05) is 48.5 Å². The largest absolute Gasteiger partial charge is 0.399 e. The van der Waals surface area contributed by atoms with Gasteiger partial charge in [0.15, 0.2) is 0 Å². The average molecular weight is 233 g/mol. The molecule has 0 saturated heterocycles. The molecule has 0 atom stereocenters. The van der Waals surface area contributed by atoms with Crippen molar-refractivity contribution in [2.75, 3.05) is 11.5 Å². The number of hydrogen-bond donors (Lipinski definition) is 2. The van der Waals surface area contributed by atoms with Crippen molar-refractivity contribution in [3.05, 3.63) is 59.7 Å². The van der Waals surface area contributed by atoms with Crippen LogP contribution in [0.15, 0.2) is 48.5 Å². The van der Waals surface area contributed by atoms with Gasteiger partial charge in [-0.15, -0.1) is 11.6 Å². The zero-order valence-corrected chi connectivity index (χ0v) is 9.48. The van der Waals surface area contributed by atoms with Crippen molar-refractivity contribution < 1.29 is 0 Å². The van der Waals surface area contributed by atoms with Crippen molar-refractivity contribution in [1.82, 2.24) is 0 Å².